The van der Waals surface area contributed by atoms with Gasteiger partial charge in [-0.1, -0.05) is 46.4 Å². The lowest BCUT2D eigenvalue weighted by Crippen LogP contribution is -2.22. The number of thiazole rings is 1. The molecular weight excluding hydrogens is 348 g/mol. The number of H-pyrrole nitrogens is 1. The highest BCUT2D eigenvalue weighted by Crippen LogP contribution is 2.22. The third kappa shape index (κ3) is 2.95. The summed E-state index contributed by atoms with van der Waals surface area (Å²) in [5.74, 6) is 0.267. The van der Waals surface area contributed by atoms with E-state index in [1.807, 2.05) is 54.8 Å². The second-order valence-electron chi connectivity index (χ2n) is 5.95. The van der Waals surface area contributed by atoms with E-state index in [4.69, 9.17) is 0 Å². The minimum absolute atomic E-state index is 0.213. The standard InChI is InChI=1S/C18H16N6OS/c1-11-7-9-13(10-8-11)17(25)19-18-24(12(2)16-20-22-23-21-16)14-5-3-4-6-15(14)26-18/h3-10,12H,1-2H3,(H,20,21,22,23). The van der Waals surface area contributed by atoms with E-state index < -0.39 is 0 Å². The second kappa shape index (κ2) is 6.64. The van der Waals surface area contributed by atoms with Gasteiger partial charge in [0.2, 0.25) is 0 Å². The molecule has 130 valence electrons. The summed E-state index contributed by atoms with van der Waals surface area (Å²) in [5, 5.41) is 14.3. The summed E-state index contributed by atoms with van der Waals surface area (Å²) < 4.78 is 3.01. The molecule has 0 bridgehead atoms. The highest BCUT2D eigenvalue weighted by molar-refractivity contribution is 7.16. The van der Waals surface area contributed by atoms with E-state index in [1.165, 1.54) is 11.3 Å². The van der Waals surface area contributed by atoms with Gasteiger partial charge in [-0.2, -0.15) is 10.2 Å². The number of rotatable bonds is 3. The van der Waals surface area contributed by atoms with Crippen LogP contribution in [0.15, 0.2) is 53.5 Å². The van der Waals surface area contributed by atoms with Crippen molar-refractivity contribution in [3.05, 3.63) is 70.3 Å². The van der Waals surface area contributed by atoms with E-state index in [0.29, 0.717) is 16.2 Å². The maximum absolute atomic E-state index is 12.6. The van der Waals surface area contributed by atoms with Crippen molar-refractivity contribution in [1.29, 1.82) is 0 Å². The van der Waals surface area contributed by atoms with Gasteiger partial charge in [0, 0.05) is 5.56 Å². The van der Waals surface area contributed by atoms with Gasteiger partial charge in [0.15, 0.2) is 10.6 Å². The average Bonchev–Trinajstić information content (AvgIpc) is 3.29. The quantitative estimate of drug-likeness (QED) is 0.605. The SMILES string of the molecule is Cc1ccc(C(=O)N=c2sc3ccccc3n2C(C)c2nn[nH]n2)cc1. The summed E-state index contributed by atoms with van der Waals surface area (Å²) in [6.07, 6.45) is 0. The molecule has 0 saturated carbocycles. The van der Waals surface area contributed by atoms with Crippen LogP contribution in [-0.4, -0.2) is 31.1 Å². The zero-order valence-electron chi connectivity index (χ0n) is 14.2. The van der Waals surface area contributed by atoms with Crippen molar-refractivity contribution in [2.75, 3.05) is 0 Å². The number of tetrazole rings is 1. The molecule has 2 aromatic heterocycles. The van der Waals surface area contributed by atoms with Crippen molar-refractivity contribution in [2.45, 2.75) is 19.9 Å². The molecule has 0 saturated heterocycles. The number of amides is 1. The third-order valence-corrected chi connectivity index (χ3v) is 5.19. The number of nitrogens with one attached hydrogen (secondary N) is 1. The monoisotopic (exact) mass is 364 g/mol. The second-order valence-corrected chi connectivity index (χ2v) is 6.96. The molecule has 4 rings (SSSR count). The number of aromatic nitrogens is 5. The summed E-state index contributed by atoms with van der Waals surface area (Å²) >= 11 is 1.46. The Labute approximate surface area is 153 Å². The van der Waals surface area contributed by atoms with Crippen LogP contribution in [0.2, 0.25) is 0 Å². The van der Waals surface area contributed by atoms with Gasteiger partial charge < -0.3 is 4.57 Å². The summed E-state index contributed by atoms with van der Waals surface area (Å²) in [7, 11) is 0. The Balaban J connectivity index is 1.87. The smallest absolute Gasteiger partial charge is 0.279 e. The Kier molecular flexibility index (Phi) is 4.18. The van der Waals surface area contributed by atoms with Gasteiger partial charge >= 0.3 is 0 Å². The molecule has 2 heterocycles. The highest BCUT2D eigenvalue weighted by Gasteiger charge is 2.18. The van der Waals surface area contributed by atoms with E-state index >= 15 is 0 Å². The van der Waals surface area contributed by atoms with E-state index in [0.717, 1.165) is 15.8 Å². The zero-order valence-corrected chi connectivity index (χ0v) is 15.1. The predicted molar refractivity (Wildman–Crippen MR) is 98.9 cm³/mol. The Hall–Kier alpha value is -3.13. The molecule has 0 aliphatic heterocycles. The first-order chi connectivity index (χ1) is 12.6. The van der Waals surface area contributed by atoms with E-state index in [-0.39, 0.29) is 11.9 Å². The van der Waals surface area contributed by atoms with Crippen LogP contribution in [0.5, 0.6) is 0 Å². The molecule has 2 aromatic carbocycles. The number of carbonyl (C=O) groups excluding carboxylic acids is 1. The predicted octanol–water partition coefficient (Wildman–Crippen LogP) is 2.87. The van der Waals surface area contributed by atoms with Gasteiger partial charge in [0.25, 0.3) is 5.91 Å². The van der Waals surface area contributed by atoms with Crippen LogP contribution < -0.4 is 4.80 Å². The normalized spacial score (nSPS) is 13.2. The first kappa shape index (κ1) is 16.3. The molecule has 1 unspecified atom stereocenters. The molecule has 26 heavy (non-hydrogen) atoms. The van der Waals surface area contributed by atoms with Gasteiger partial charge in [0.1, 0.15) is 0 Å². The van der Waals surface area contributed by atoms with E-state index in [9.17, 15) is 4.79 Å². The molecule has 8 heteroatoms. The number of carbonyl (C=O) groups is 1. The van der Waals surface area contributed by atoms with Crippen LogP contribution in [0, 0.1) is 6.92 Å². The maximum Gasteiger partial charge on any atom is 0.279 e. The maximum atomic E-state index is 12.6. The summed E-state index contributed by atoms with van der Waals surface area (Å²) in [6.45, 7) is 3.94. The minimum Gasteiger partial charge on any atom is -0.306 e. The fourth-order valence-electron chi connectivity index (χ4n) is 2.75. The first-order valence-corrected chi connectivity index (χ1v) is 8.94. The lowest BCUT2D eigenvalue weighted by atomic mass is 10.1. The number of para-hydroxylation sites is 1. The molecule has 1 atom stereocenters. The largest absolute Gasteiger partial charge is 0.306 e. The molecule has 1 N–H and O–H groups in total. The third-order valence-electron chi connectivity index (χ3n) is 4.15. The Morgan fingerprint density at radius 3 is 2.69 bits per heavy atom. The first-order valence-electron chi connectivity index (χ1n) is 8.12. The fraction of sp³-hybridized carbons (Fsp3) is 0.167. The zero-order chi connectivity index (χ0) is 18.1. The number of aromatic amines is 1. The fourth-order valence-corrected chi connectivity index (χ4v) is 3.85. The molecule has 7 nitrogen and oxygen atoms in total. The highest BCUT2D eigenvalue weighted by atomic mass is 32.1. The number of hydrogen-bond acceptors (Lipinski definition) is 5. The van der Waals surface area contributed by atoms with Crippen LogP contribution in [0.3, 0.4) is 0 Å². The molecule has 1 amide bonds. The van der Waals surface area contributed by atoms with Gasteiger partial charge in [0.05, 0.1) is 16.3 Å². The van der Waals surface area contributed by atoms with Crippen LogP contribution >= 0.6 is 11.3 Å². The van der Waals surface area contributed by atoms with Gasteiger partial charge in [-0.3, -0.25) is 4.79 Å². The lowest BCUT2D eigenvalue weighted by Gasteiger charge is -2.10. The van der Waals surface area contributed by atoms with Crippen LogP contribution in [0.1, 0.15) is 34.7 Å². The number of fused-ring (bicyclic) bond motifs is 1. The molecule has 0 spiro atoms. The number of nitrogens with zero attached hydrogens (tertiary/aromatic N) is 5. The molecule has 0 aliphatic rings. The van der Waals surface area contributed by atoms with Gasteiger partial charge in [-0.15, -0.1) is 10.2 Å². The molecule has 0 fully saturated rings. The van der Waals surface area contributed by atoms with Crippen molar-refractivity contribution in [3.8, 4) is 0 Å². The Bertz CT molecular complexity index is 1120. The van der Waals surface area contributed by atoms with Gasteiger partial charge in [-0.25, -0.2) is 0 Å². The topological polar surface area (TPSA) is 88.8 Å². The van der Waals surface area contributed by atoms with Crippen LogP contribution in [0.4, 0.5) is 0 Å². The van der Waals surface area contributed by atoms with Crippen molar-refractivity contribution >= 4 is 27.5 Å². The minimum atomic E-state index is -0.273. The van der Waals surface area contributed by atoms with E-state index in [2.05, 4.69) is 25.6 Å². The van der Waals surface area contributed by atoms with Crippen LogP contribution in [0.25, 0.3) is 10.2 Å². The van der Waals surface area contributed by atoms with Gasteiger partial charge in [-0.05, 0) is 38.1 Å². The summed E-state index contributed by atoms with van der Waals surface area (Å²) in [6, 6.07) is 15.1. The van der Waals surface area contributed by atoms with Crippen LogP contribution in [-0.2, 0) is 0 Å². The number of aryl methyl sites for hydroxylation is 1. The molecular formula is C18H16N6OS. The number of hydrogen-bond donors (Lipinski definition) is 1. The molecule has 0 aliphatic carbocycles. The van der Waals surface area contributed by atoms with Crippen molar-refractivity contribution in [2.24, 2.45) is 4.99 Å². The summed E-state index contributed by atoms with van der Waals surface area (Å²) in [4.78, 5) is 17.6. The Morgan fingerprint density at radius 2 is 1.96 bits per heavy atom. The lowest BCUT2D eigenvalue weighted by molar-refractivity contribution is 0.0997. The number of benzene rings is 2. The van der Waals surface area contributed by atoms with Crippen molar-refractivity contribution in [3.63, 3.8) is 0 Å². The van der Waals surface area contributed by atoms with Crippen molar-refractivity contribution in [1.82, 2.24) is 25.2 Å². The van der Waals surface area contributed by atoms with Crippen molar-refractivity contribution < 1.29 is 4.79 Å². The van der Waals surface area contributed by atoms with E-state index in [1.54, 1.807) is 12.1 Å². The Morgan fingerprint density at radius 1 is 1.19 bits per heavy atom. The molecule has 0 radical (unpaired) electrons. The molecule has 4 aromatic rings. The average molecular weight is 364 g/mol. The summed E-state index contributed by atoms with van der Waals surface area (Å²) in [5.41, 5.74) is 2.64.